The molecule has 5 rings (SSSR count). The van der Waals surface area contributed by atoms with Gasteiger partial charge in [0.2, 0.25) is 5.13 Å². The number of pyridine rings is 1. The maximum absolute atomic E-state index is 13.2. The smallest absolute Gasteiger partial charge is 0.426 e. The number of thioether (sulfide) groups is 1. The van der Waals surface area contributed by atoms with Crippen molar-refractivity contribution in [2.75, 3.05) is 18.6 Å². The Kier molecular flexibility index (Phi) is 12.3. The molecule has 3 aromatic rings. The van der Waals surface area contributed by atoms with Crippen LogP contribution in [0.1, 0.15) is 59.1 Å². The Hall–Kier alpha value is -3.29. The van der Waals surface area contributed by atoms with E-state index >= 15 is 0 Å². The number of benzene rings is 1. The van der Waals surface area contributed by atoms with E-state index in [2.05, 4.69) is 25.9 Å². The second-order valence-electron chi connectivity index (χ2n) is 13.7. The molecule has 2 aromatic heterocycles. The maximum atomic E-state index is 13.2. The maximum Gasteiger partial charge on any atom is 0.426 e. The Labute approximate surface area is 313 Å². The predicted molar refractivity (Wildman–Crippen MR) is 196 cm³/mol. The van der Waals surface area contributed by atoms with Crippen molar-refractivity contribution in [1.29, 1.82) is 0 Å². The fraction of sp³-hybridized carbons (Fsp3) is 0.471. The SMILES string of the molecule is COC1C(Sc2cncc(Br)c2)OC2COC(c3ccccc3)OC2C1N(N)/C=C(\N)c1csc(N(C(=O)OC(C)(C)C)C(=O)OC(C)(C)C)n1. The van der Waals surface area contributed by atoms with Crippen molar-refractivity contribution in [1.82, 2.24) is 15.0 Å². The number of amides is 2. The van der Waals surface area contributed by atoms with Crippen LogP contribution in [0, 0.1) is 0 Å². The van der Waals surface area contributed by atoms with E-state index in [0.717, 1.165) is 31.2 Å². The van der Waals surface area contributed by atoms with Gasteiger partial charge in [-0.25, -0.2) is 20.4 Å². The lowest BCUT2D eigenvalue weighted by Gasteiger charge is -2.51. The molecule has 2 amide bonds. The van der Waals surface area contributed by atoms with Crippen LogP contribution in [0.5, 0.6) is 0 Å². The minimum atomic E-state index is -0.939. The predicted octanol–water partition coefficient (Wildman–Crippen LogP) is 6.43. The van der Waals surface area contributed by atoms with Gasteiger partial charge >= 0.3 is 12.2 Å². The number of nitrogens with zero attached hydrogens (tertiary/aromatic N) is 4. The van der Waals surface area contributed by atoms with Crippen LogP contribution in [0.4, 0.5) is 14.7 Å². The van der Waals surface area contributed by atoms with Gasteiger partial charge in [-0.3, -0.25) is 4.98 Å². The average molecular weight is 808 g/mol. The number of halogens is 1. The Morgan fingerprint density at radius 2 is 1.73 bits per heavy atom. The molecule has 0 spiro atoms. The van der Waals surface area contributed by atoms with Crippen molar-refractivity contribution >= 4 is 62.0 Å². The number of aromatic nitrogens is 2. The Morgan fingerprint density at radius 1 is 1.06 bits per heavy atom. The third-order valence-electron chi connectivity index (χ3n) is 7.35. The van der Waals surface area contributed by atoms with Crippen LogP contribution >= 0.6 is 39.0 Å². The summed E-state index contributed by atoms with van der Waals surface area (Å²) in [5, 5.41) is 3.04. The molecule has 4 heterocycles. The number of rotatable bonds is 8. The number of hydrogen-bond acceptors (Lipinski definition) is 15. The Bertz CT molecular complexity index is 1670. The van der Waals surface area contributed by atoms with Gasteiger partial charge in [0.1, 0.15) is 46.7 Å². The van der Waals surface area contributed by atoms with Crippen molar-refractivity contribution in [3.05, 3.63) is 76.1 Å². The minimum absolute atomic E-state index is 0.00637. The normalized spacial score (nSPS) is 24.0. The fourth-order valence-corrected chi connectivity index (χ4v) is 7.80. The van der Waals surface area contributed by atoms with Gasteiger partial charge in [0.25, 0.3) is 0 Å². The van der Waals surface area contributed by atoms with E-state index in [1.54, 1.807) is 66.4 Å². The number of fused-ring (bicyclic) bond motifs is 1. The number of methoxy groups -OCH3 is 1. The highest BCUT2D eigenvalue weighted by atomic mass is 79.9. The number of thiazole rings is 1. The Balaban J connectivity index is 1.45. The molecular formula is C34H43BrN6O8S2. The lowest BCUT2D eigenvalue weighted by Crippen LogP contribution is -2.67. The van der Waals surface area contributed by atoms with Gasteiger partial charge in [0, 0.05) is 46.0 Å². The van der Waals surface area contributed by atoms with Crippen LogP contribution in [-0.4, -0.2) is 81.9 Å². The molecule has 6 atom stereocenters. The van der Waals surface area contributed by atoms with E-state index in [1.807, 2.05) is 36.4 Å². The van der Waals surface area contributed by atoms with Crippen molar-refractivity contribution < 1.29 is 38.0 Å². The molecule has 2 fully saturated rings. The molecule has 4 N–H and O–H groups in total. The lowest BCUT2D eigenvalue weighted by molar-refractivity contribution is -0.309. The van der Waals surface area contributed by atoms with Gasteiger partial charge in [-0.05, 0) is 63.5 Å². The highest BCUT2D eigenvalue weighted by Gasteiger charge is 2.52. The standard InChI is InChI=1S/C34H43BrN6O8S2/c1-33(2,3)48-31(42)41(32(43)49-34(4,5)6)30-39-23(18-50-30)22(36)16-40(37)25-26-24(17-45-28(47-26)19-11-9-8-10-12-19)46-29(27(25)44-7)51-21-13-20(35)14-38-15-21/h8-16,18,24-29H,17,36-37H2,1-7H3/b22-16-. The summed E-state index contributed by atoms with van der Waals surface area (Å²) in [6.07, 6.45) is 0.657. The number of hydrazine groups is 1. The number of anilines is 1. The third kappa shape index (κ3) is 9.98. The van der Waals surface area contributed by atoms with E-state index in [9.17, 15) is 9.59 Å². The molecule has 2 saturated heterocycles. The van der Waals surface area contributed by atoms with Crippen LogP contribution in [0.3, 0.4) is 0 Å². The largest absolute Gasteiger partial charge is 0.443 e. The van der Waals surface area contributed by atoms with Gasteiger partial charge in [0.05, 0.1) is 12.3 Å². The molecule has 17 heteroatoms. The summed E-state index contributed by atoms with van der Waals surface area (Å²) in [5.41, 5.74) is 5.55. The van der Waals surface area contributed by atoms with Gasteiger partial charge in [0.15, 0.2) is 6.29 Å². The molecular weight excluding hydrogens is 764 g/mol. The van der Waals surface area contributed by atoms with Crippen molar-refractivity contribution in [2.24, 2.45) is 11.6 Å². The van der Waals surface area contributed by atoms with E-state index in [1.165, 1.54) is 23.0 Å². The topological polar surface area (TPSA) is 174 Å². The summed E-state index contributed by atoms with van der Waals surface area (Å²) in [5.74, 6) is 6.83. The highest BCUT2D eigenvalue weighted by molar-refractivity contribution is 9.10. The number of carbonyl (C=O) groups is 2. The van der Waals surface area contributed by atoms with Crippen molar-refractivity contribution in [3.8, 4) is 0 Å². The fourth-order valence-electron chi connectivity index (χ4n) is 5.28. The van der Waals surface area contributed by atoms with Crippen LogP contribution in [0.2, 0.25) is 0 Å². The molecule has 14 nitrogen and oxygen atoms in total. The van der Waals surface area contributed by atoms with E-state index in [4.69, 9.17) is 40.0 Å². The van der Waals surface area contributed by atoms with Crippen LogP contribution in [0.25, 0.3) is 5.70 Å². The first-order valence-corrected chi connectivity index (χ1v) is 18.6. The zero-order chi connectivity index (χ0) is 37.1. The monoisotopic (exact) mass is 806 g/mol. The molecule has 2 aliphatic rings. The summed E-state index contributed by atoms with van der Waals surface area (Å²) >= 11 is 5.93. The van der Waals surface area contributed by atoms with Gasteiger partial charge in [-0.15, -0.1) is 11.3 Å². The van der Waals surface area contributed by atoms with Crippen LogP contribution < -0.4 is 16.5 Å². The van der Waals surface area contributed by atoms with Gasteiger partial charge in [-0.1, -0.05) is 42.1 Å². The highest BCUT2D eigenvalue weighted by Crippen LogP contribution is 2.41. The van der Waals surface area contributed by atoms with Crippen LogP contribution in [-0.2, 0) is 28.4 Å². The molecule has 0 saturated carbocycles. The van der Waals surface area contributed by atoms with E-state index in [-0.39, 0.29) is 23.1 Å². The molecule has 1 aromatic carbocycles. The second-order valence-corrected chi connectivity index (χ2v) is 16.6. The summed E-state index contributed by atoms with van der Waals surface area (Å²) < 4.78 is 37.1. The van der Waals surface area contributed by atoms with Gasteiger partial charge in [-0.2, -0.15) is 4.90 Å². The number of ether oxygens (including phenoxy) is 6. The molecule has 51 heavy (non-hydrogen) atoms. The first-order valence-electron chi connectivity index (χ1n) is 16.0. The van der Waals surface area contributed by atoms with E-state index < -0.39 is 59.5 Å². The number of carbonyl (C=O) groups excluding carboxylic acids is 2. The first kappa shape index (κ1) is 38.9. The lowest BCUT2D eigenvalue weighted by atomic mass is 9.95. The molecule has 0 aliphatic carbocycles. The average Bonchev–Trinajstić information content (AvgIpc) is 3.52. The van der Waals surface area contributed by atoms with Crippen molar-refractivity contribution in [3.63, 3.8) is 0 Å². The summed E-state index contributed by atoms with van der Waals surface area (Å²) in [4.78, 5) is 36.8. The zero-order valence-corrected chi connectivity index (χ0v) is 32.6. The minimum Gasteiger partial charge on any atom is -0.443 e. The van der Waals surface area contributed by atoms with Gasteiger partial charge < -0.3 is 39.2 Å². The molecule has 2 aliphatic heterocycles. The quantitative estimate of drug-likeness (QED) is 0.188. The van der Waals surface area contributed by atoms with Crippen LogP contribution in [0.15, 0.2) is 69.7 Å². The molecule has 276 valence electrons. The third-order valence-corrected chi connectivity index (χ3v) is 9.72. The number of hydrogen-bond donors (Lipinski definition) is 2. The summed E-state index contributed by atoms with van der Waals surface area (Å²) in [6.45, 7) is 10.4. The van der Waals surface area contributed by atoms with E-state index in [0.29, 0.717) is 0 Å². The summed E-state index contributed by atoms with van der Waals surface area (Å²) in [6, 6.07) is 10.9. The first-order chi connectivity index (χ1) is 24.0. The number of nitrogens with two attached hydrogens (primary N) is 2. The molecule has 0 bridgehead atoms. The second kappa shape index (κ2) is 16.2. The zero-order valence-electron chi connectivity index (χ0n) is 29.3. The summed E-state index contributed by atoms with van der Waals surface area (Å²) in [7, 11) is 1.58. The molecule has 0 radical (unpaired) electrons. The number of imide groups is 1. The Morgan fingerprint density at radius 3 is 2.33 bits per heavy atom. The van der Waals surface area contributed by atoms with Crippen molar-refractivity contribution in [2.45, 2.75) is 93.7 Å². The molecule has 6 unspecified atom stereocenters.